The van der Waals surface area contributed by atoms with Crippen molar-refractivity contribution in [2.75, 3.05) is 6.54 Å². The van der Waals surface area contributed by atoms with Crippen LogP contribution in [0.2, 0.25) is 0 Å². The summed E-state index contributed by atoms with van der Waals surface area (Å²) in [6.07, 6.45) is 0.884. The summed E-state index contributed by atoms with van der Waals surface area (Å²) in [5.74, 6) is 0. The van der Waals surface area contributed by atoms with Gasteiger partial charge in [-0.15, -0.1) is 0 Å². The van der Waals surface area contributed by atoms with E-state index in [9.17, 15) is 4.21 Å². The Morgan fingerprint density at radius 1 is 1.14 bits per heavy atom. The maximum atomic E-state index is 13.1. The molecule has 0 heterocycles. The SMILES string of the molecule is CCNC1c2ccccc2CC1S(=O)c1ccccc1C. The molecule has 110 valence electrons. The summed E-state index contributed by atoms with van der Waals surface area (Å²) < 4.78 is 13.1. The second kappa shape index (κ2) is 6.12. The number of aryl methyl sites for hydroxylation is 1. The van der Waals surface area contributed by atoms with E-state index in [0.717, 1.165) is 23.4 Å². The fourth-order valence-electron chi connectivity index (χ4n) is 3.16. The molecule has 0 bridgehead atoms. The lowest BCUT2D eigenvalue weighted by atomic mass is 10.1. The molecule has 0 saturated carbocycles. The number of fused-ring (bicyclic) bond motifs is 1. The van der Waals surface area contributed by atoms with Crippen LogP contribution in [-0.4, -0.2) is 16.0 Å². The Hall–Kier alpha value is -1.45. The molecule has 1 aliphatic rings. The number of hydrogen-bond donors (Lipinski definition) is 1. The molecule has 0 aromatic heterocycles. The summed E-state index contributed by atoms with van der Waals surface area (Å²) >= 11 is 0. The van der Waals surface area contributed by atoms with Gasteiger partial charge in [-0.05, 0) is 42.6 Å². The number of rotatable bonds is 4. The van der Waals surface area contributed by atoms with Gasteiger partial charge in [0.2, 0.25) is 0 Å². The molecule has 3 unspecified atom stereocenters. The van der Waals surface area contributed by atoms with Gasteiger partial charge in [0.1, 0.15) is 0 Å². The van der Waals surface area contributed by atoms with Crippen molar-refractivity contribution in [3.05, 3.63) is 65.2 Å². The molecule has 21 heavy (non-hydrogen) atoms. The maximum absolute atomic E-state index is 13.1. The zero-order valence-corrected chi connectivity index (χ0v) is 13.3. The lowest BCUT2D eigenvalue weighted by Gasteiger charge is -2.21. The van der Waals surface area contributed by atoms with Crippen LogP contribution in [0.4, 0.5) is 0 Å². The van der Waals surface area contributed by atoms with Crippen LogP contribution in [0.25, 0.3) is 0 Å². The van der Waals surface area contributed by atoms with Gasteiger partial charge < -0.3 is 5.32 Å². The van der Waals surface area contributed by atoms with Gasteiger partial charge in [-0.1, -0.05) is 49.4 Å². The highest BCUT2D eigenvalue weighted by atomic mass is 32.2. The quantitative estimate of drug-likeness (QED) is 0.938. The minimum absolute atomic E-state index is 0.114. The second-order valence-electron chi connectivity index (χ2n) is 5.54. The van der Waals surface area contributed by atoms with Crippen LogP contribution in [0.15, 0.2) is 53.4 Å². The third kappa shape index (κ3) is 2.68. The van der Waals surface area contributed by atoms with Crippen molar-refractivity contribution in [1.29, 1.82) is 0 Å². The molecule has 1 N–H and O–H groups in total. The first kappa shape index (κ1) is 14.5. The number of nitrogens with one attached hydrogen (secondary N) is 1. The van der Waals surface area contributed by atoms with Gasteiger partial charge in [0.15, 0.2) is 0 Å². The zero-order chi connectivity index (χ0) is 14.8. The Morgan fingerprint density at radius 3 is 2.62 bits per heavy atom. The van der Waals surface area contributed by atoms with E-state index < -0.39 is 10.8 Å². The van der Waals surface area contributed by atoms with Gasteiger partial charge in [0, 0.05) is 10.9 Å². The Balaban J connectivity index is 1.96. The predicted molar refractivity (Wildman–Crippen MR) is 87.9 cm³/mol. The largest absolute Gasteiger partial charge is 0.309 e. The summed E-state index contributed by atoms with van der Waals surface area (Å²) in [6.45, 7) is 5.03. The minimum atomic E-state index is -0.991. The van der Waals surface area contributed by atoms with E-state index in [1.165, 1.54) is 11.1 Å². The average molecular weight is 299 g/mol. The Bertz CT molecular complexity index is 668. The third-order valence-electron chi connectivity index (χ3n) is 4.19. The van der Waals surface area contributed by atoms with Gasteiger partial charge in [0.25, 0.3) is 0 Å². The molecule has 0 spiro atoms. The van der Waals surface area contributed by atoms with E-state index in [2.05, 4.69) is 36.5 Å². The molecule has 2 aromatic carbocycles. The van der Waals surface area contributed by atoms with E-state index >= 15 is 0 Å². The Morgan fingerprint density at radius 2 is 1.86 bits per heavy atom. The summed E-state index contributed by atoms with van der Waals surface area (Å²) in [6, 6.07) is 16.7. The fourth-order valence-corrected chi connectivity index (χ4v) is 4.91. The summed E-state index contributed by atoms with van der Waals surface area (Å²) in [4.78, 5) is 0.971. The molecule has 0 saturated heterocycles. The lowest BCUT2D eigenvalue weighted by Crippen LogP contribution is -2.32. The van der Waals surface area contributed by atoms with Crippen LogP contribution in [0.1, 0.15) is 29.7 Å². The summed E-state index contributed by atoms with van der Waals surface area (Å²) in [7, 11) is -0.991. The van der Waals surface area contributed by atoms with Gasteiger partial charge in [-0.2, -0.15) is 0 Å². The van der Waals surface area contributed by atoms with Crippen molar-refractivity contribution in [3.8, 4) is 0 Å². The van der Waals surface area contributed by atoms with Crippen LogP contribution in [-0.2, 0) is 17.2 Å². The summed E-state index contributed by atoms with van der Waals surface area (Å²) in [5.41, 5.74) is 3.75. The van der Waals surface area contributed by atoms with Crippen molar-refractivity contribution >= 4 is 10.8 Å². The highest BCUT2D eigenvalue weighted by Gasteiger charge is 2.36. The monoisotopic (exact) mass is 299 g/mol. The molecule has 0 fully saturated rings. The van der Waals surface area contributed by atoms with Crippen molar-refractivity contribution in [1.82, 2.24) is 5.32 Å². The zero-order valence-electron chi connectivity index (χ0n) is 12.5. The average Bonchev–Trinajstić information content (AvgIpc) is 2.87. The van der Waals surface area contributed by atoms with E-state index in [0.29, 0.717) is 0 Å². The summed E-state index contributed by atoms with van der Waals surface area (Å²) in [5, 5.41) is 3.64. The second-order valence-corrected chi connectivity index (χ2v) is 7.18. The first-order chi connectivity index (χ1) is 10.2. The highest BCUT2D eigenvalue weighted by Crippen LogP contribution is 2.36. The number of hydrogen-bond acceptors (Lipinski definition) is 2. The van der Waals surface area contributed by atoms with E-state index in [1.807, 2.05) is 31.2 Å². The Kier molecular flexibility index (Phi) is 4.22. The maximum Gasteiger partial charge on any atom is 0.0630 e. The molecule has 3 rings (SSSR count). The van der Waals surface area contributed by atoms with E-state index in [1.54, 1.807) is 0 Å². The molecule has 0 aliphatic heterocycles. The van der Waals surface area contributed by atoms with Crippen LogP contribution >= 0.6 is 0 Å². The molecule has 3 atom stereocenters. The van der Waals surface area contributed by atoms with Crippen LogP contribution in [0, 0.1) is 6.92 Å². The molecular formula is C18H21NOS. The molecule has 1 aliphatic carbocycles. The number of benzene rings is 2. The molecule has 0 radical (unpaired) electrons. The molecule has 3 heteroatoms. The molecular weight excluding hydrogens is 278 g/mol. The van der Waals surface area contributed by atoms with E-state index in [4.69, 9.17) is 0 Å². The predicted octanol–water partition coefficient (Wildman–Crippen LogP) is 3.38. The molecule has 2 nitrogen and oxygen atoms in total. The van der Waals surface area contributed by atoms with Crippen molar-refractivity contribution < 1.29 is 4.21 Å². The van der Waals surface area contributed by atoms with Crippen molar-refractivity contribution in [2.24, 2.45) is 0 Å². The van der Waals surface area contributed by atoms with Crippen LogP contribution in [0.3, 0.4) is 0 Å². The van der Waals surface area contributed by atoms with Crippen LogP contribution in [0.5, 0.6) is 0 Å². The minimum Gasteiger partial charge on any atom is -0.309 e. The van der Waals surface area contributed by atoms with Crippen molar-refractivity contribution in [3.63, 3.8) is 0 Å². The third-order valence-corrected chi connectivity index (χ3v) is 6.07. The lowest BCUT2D eigenvalue weighted by molar-refractivity contribution is 0.546. The highest BCUT2D eigenvalue weighted by molar-refractivity contribution is 7.85. The van der Waals surface area contributed by atoms with Crippen LogP contribution < -0.4 is 5.32 Å². The fraction of sp³-hybridized carbons (Fsp3) is 0.333. The van der Waals surface area contributed by atoms with Gasteiger partial charge >= 0.3 is 0 Å². The van der Waals surface area contributed by atoms with Crippen molar-refractivity contribution in [2.45, 2.75) is 36.5 Å². The topological polar surface area (TPSA) is 29.1 Å². The van der Waals surface area contributed by atoms with Gasteiger partial charge in [-0.3, -0.25) is 4.21 Å². The first-order valence-electron chi connectivity index (χ1n) is 7.49. The molecule has 0 amide bonds. The standard InChI is InChI=1S/C18H21NOS/c1-3-19-18-15-10-6-5-9-14(15)12-17(18)21(20)16-11-7-4-8-13(16)2/h4-11,17-19H,3,12H2,1-2H3. The van der Waals surface area contributed by atoms with Gasteiger partial charge in [-0.25, -0.2) is 0 Å². The Labute approximate surface area is 129 Å². The molecule has 2 aromatic rings. The normalized spacial score (nSPS) is 22.0. The van der Waals surface area contributed by atoms with Gasteiger partial charge in [0.05, 0.1) is 16.0 Å². The smallest absolute Gasteiger partial charge is 0.0630 e. The first-order valence-corrected chi connectivity index (χ1v) is 8.71. The van der Waals surface area contributed by atoms with E-state index in [-0.39, 0.29) is 11.3 Å².